The van der Waals surface area contributed by atoms with Gasteiger partial charge in [0.15, 0.2) is 0 Å². The van der Waals surface area contributed by atoms with E-state index in [1.54, 1.807) is 37.3 Å². The van der Waals surface area contributed by atoms with Gasteiger partial charge in [0.2, 0.25) is 5.91 Å². The zero-order valence-electron chi connectivity index (χ0n) is 14.7. The van der Waals surface area contributed by atoms with E-state index in [1.165, 1.54) is 6.08 Å². The molecule has 0 fully saturated rings. The van der Waals surface area contributed by atoms with Gasteiger partial charge in [-0.1, -0.05) is 26.0 Å². The van der Waals surface area contributed by atoms with E-state index in [1.807, 2.05) is 13.8 Å². The summed E-state index contributed by atoms with van der Waals surface area (Å²) in [6.45, 7) is 5.97. The number of nitrogens with two attached hydrogens (primary N) is 1. The van der Waals surface area contributed by atoms with Gasteiger partial charge in [0.1, 0.15) is 6.04 Å². The smallest absolute Gasteiger partial charge is 0.330 e. The molecule has 0 aliphatic heterocycles. The highest BCUT2D eigenvalue weighted by Crippen LogP contribution is 2.13. The number of nitrogens with one attached hydrogen (secondary N) is 2. The van der Waals surface area contributed by atoms with Gasteiger partial charge in [-0.05, 0) is 43.0 Å². The van der Waals surface area contributed by atoms with Crippen molar-refractivity contribution >= 4 is 29.7 Å². The molecule has 1 aromatic rings. The predicted octanol–water partition coefficient (Wildman–Crippen LogP) is 2.28. The highest BCUT2D eigenvalue weighted by atomic mass is 16.5. The van der Waals surface area contributed by atoms with Gasteiger partial charge < -0.3 is 21.1 Å². The van der Waals surface area contributed by atoms with Crippen LogP contribution in [0.5, 0.6) is 0 Å². The van der Waals surface area contributed by atoms with Crippen LogP contribution in [0.4, 0.5) is 10.5 Å². The molecule has 0 aromatic heterocycles. The average Bonchev–Trinajstić information content (AvgIpc) is 2.53. The number of primary amides is 1. The van der Waals surface area contributed by atoms with Crippen molar-refractivity contribution < 1.29 is 19.1 Å². The Bertz CT molecular complexity index is 624. The van der Waals surface area contributed by atoms with Crippen LogP contribution in [-0.2, 0) is 14.3 Å². The number of hydrogen-bond acceptors (Lipinski definition) is 4. The van der Waals surface area contributed by atoms with Crippen LogP contribution in [0.25, 0.3) is 6.08 Å². The second-order valence-electron chi connectivity index (χ2n) is 5.89. The minimum atomic E-state index is -0.736. The number of amides is 3. The molecule has 136 valence electrons. The molecule has 0 aliphatic carbocycles. The number of anilines is 1. The molecule has 0 spiro atoms. The summed E-state index contributed by atoms with van der Waals surface area (Å²) in [5.74, 6) is -0.519. The van der Waals surface area contributed by atoms with Crippen molar-refractivity contribution in [1.29, 1.82) is 0 Å². The molecular formula is C18H25N3O4. The first-order chi connectivity index (χ1) is 11.8. The van der Waals surface area contributed by atoms with Gasteiger partial charge in [-0.25, -0.2) is 9.59 Å². The largest absolute Gasteiger partial charge is 0.463 e. The van der Waals surface area contributed by atoms with Crippen molar-refractivity contribution in [3.8, 4) is 0 Å². The Morgan fingerprint density at radius 3 is 2.36 bits per heavy atom. The molecule has 0 heterocycles. The molecule has 1 rings (SSSR count). The molecule has 0 saturated heterocycles. The van der Waals surface area contributed by atoms with Crippen LogP contribution in [0.1, 0.15) is 32.8 Å². The molecule has 0 radical (unpaired) electrons. The van der Waals surface area contributed by atoms with E-state index in [9.17, 15) is 14.4 Å². The lowest BCUT2D eigenvalue weighted by molar-refractivity contribution is -0.137. The van der Waals surface area contributed by atoms with Gasteiger partial charge in [0.05, 0.1) is 6.61 Å². The van der Waals surface area contributed by atoms with E-state index in [4.69, 9.17) is 10.5 Å². The van der Waals surface area contributed by atoms with Gasteiger partial charge in [-0.2, -0.15) is 0 Å². The van der Waals surface area contributed by atoms with Gasteiger partial charge >= 0.3 is 12.0 Å². The zero-order chi connectivity index (χ0) is 18.8. The van der Waals surface area contributed by atoms with E-state index in [-0.39, 0.29) is 11.8 Å². The third kappa shape index (κ3) is 8.01. The number of benzene rings is 1. The molecule has 1 unspecified atom stereocenters. The van der Waals surface area contributed by atoms with Crippen LogP contribution in [-0.4, -0.2) is 30.6 Å². The number of hydrogen-bond donors (Lipinski definition) is 3. The SMILES string of the molecule is CCOC(=O)/C=C\c1ccc(NC(=O)C(CC(C)C)NC(N)=O)cc1. The summed E-state index contributed by atoms with van der Waals surface area (Å²) in [7, 11) is 0. The summed E-state index contributed by atoms with van der Waals surface area (Å²) in [6.07, 6.45) is 3.45. The van der Waals surface area contributed by atoms with Crippen molar-refractivity contribution in [2.75, 3.05) is 11.9 Å². The van der Waals surface area contributed by atoms with E-state index < -0.39 is 18.0 Å². The van der Waals surface area contributed by atoms with Crippen LogP contribution in [0.15, 0.2) is 30.3 Å². The quantitative estimate of drug-likeness (QED) is 0.495. The van der Waals surface area contributed by atoms with E-state index in [2.05, 4.69) is 10.6 Å². The van der Waals surface area contributed by atoms with E-state index in [0.717, 1.165) is 5.56 Å². The summed E-state index contributed by atoms with van der Waals surface area (Å²) in [5.41, 5.74) is 6.50. The number of carbonyl (C=O) groups is 3. The van der Waals surface area contributed by atoms with Crippen molar-refractivity contribution in [2.45, 2.75) is 33.2 Å². The number of carbonyl (C=O) groups excluding carboxylic acids is 3. The fraction of sp³-hybridized carbons (Fsp3) is 0.389. The fourth-order valence-corrected chi connectivity index (χ4v) is 2.14. The molecule has 4 N–H and O–H groups in total. The number of ether oxygens (including phenoxy) is 1. The van der Waals surface area contributed by atoms with Crippen LogP contribution >= 0.6 is 0 Å². The molecule has 1 aromatic carbocycles. The monoisotopic (exact) mass is 347 g/mol. The summed E-state index contributed by atoms with van der Waals surface area (Å²) in [5, 5.41) is 5.19. The molecule has 25 heavy (non-hydrogen) atoms. The molecule has 7 nitrogen and oxygen atoms in total. The standard InChI is InChI=1S/C18H25N3O4/c1-4-25-16(22)10-7-13-5-8-14(9-6-13)20-17(23)15(11-12(2)3)21-18(19)24/h5-10,12,15H,4,11H2,1-3H3,(H,20,23)(H3,19,21,24)/b10-7-. The van der Waals surface area contributed by atoms with Crippen LogP contribution in [0.3, 0.4) is 0 Å². The molecule has 1 atom stereocenters. The Morgan fingerprint density at radius 1 is 1.20 bits per heavy atom. The third-order valence-corrected chi connectivity index (χ3v) is 3.22. The second-order valence-corrected chi connectivity index (χ2v) is 5.89. The molecule has 3 amide bonds. The first kappa shape index (κ1) is 20.2. The minimum absolute atomic E-state index is 0.220. The summed E-state index contributed by atoms with van der Waals surface area (Å²) in [6, 6.07) is 5.49. The predicted molar refractivity (Wildman–Crippen MR) is 96.7 cm³/mol. The van der Waals surface area contributed by atoms with Gasteiger partial charge in [0, 0.05) is 11.8 Å². The fourth-order valence-electron chi connectivity index (χ4n) is 2.14. The Hall–Kier alpha value is -2.83. The maximum Gasteiger partial charge on any atom is 0.330 e. The molecular weight excluding hydrogens is 322 g/mol. The van der Waals surface area contributed by atoms with Gasteiger partial charge in [-0.15, -0.1) is 0 Å². The third-order valence-electron chi connectivity index (χ3n) is 3.22. The Labute approximate surface area is 147 Å². The van der Waals surface area contributed by atoms with Crippen molar-refractivity contribution in [3.05, 3.63) is 35.9 Å². The summed E-state index contributed by atoms with van der Waals surface area (Å²) < 4.78 is 4.80. The average molecular weight is 347 g/mol. The highest BCUT2D eigenvalue weighted by molar-refractivity contribution is 5.97. The van der Waals surface area contributed by atoms with Crippen molar-refractivity contribution in [3.63, 3.8) is 0 Å². The van der Waals surface area contributed by atoms with Crippen molar-refractivity contribution in [1.82, 2.24) is 5.32 Å². The van der Waals surface area contributed by atoms with Crippen LogP contribution < -0.4 is 16.4 Å². The molecule has 0 saturated carbocycles. The maximum absolute atomic E-state index is 12.3. The topological polar surface area (TPSA) is 111 Å². The van der Waals surface area contributed by atoms with E-state index in [0.29, 0.717) is 18.7 Å². The first-order valence-electron chi connectivity index (χ1n) is 8.13. The summed E-state index contributed by atoms with van der Waals surface area (Å²) >= 11 is 0. The van der Waals surface area contributed by atoms with Gasteiger partial charge in [-0.3, -0.25) is 4.79 Å². The lowest BCUT2D eigenvalue weighted by Gasteiger charge is -2.19. The lowest BCUT2D eigenvalue weighted by atomic mass is 10.0. The maximum atomic E-state index is 12.3. The summed E-state index contributed by atoms with van der Waals surface area (Å²) in [4.78, 5) is 34.6. The molecule has 0 bridgehead atoms. The van der Waals surface area contributed by atoms with E-state index >= 15 is 0 Å². The Kier molecular flexibility index (Phi) is 8.18. The molecule has 7 heteroatoms. The molecule has 0 aliphatic rings. The van der Waals surface area contributed by atoms with Gasteiger partial charge in [0.25, 0.3) is 0 Å². The van der Waals surface area contributed by atoms with Crippen LogP contribution in [0, 0.1) is 5.92 Å². The van der Waals surface area contributed by atoms with Crippen molar-refractivity contribution in [2.24, 2.45) is 11.7 Å². The number of esters is 1. The Balaban J connectivity index is 2.70. The normalized spacial score (nSPS) is 12.0. The lowest BCUT2D eigenvalue weighted by Crippen LogP contribution is -2.46. The van der Waals surface area contributed by atoms with Crippen LogP contribution in [0.2, 0.25) is 0 Å². The highest BCUT2D eigenvalue weighted by Gasteiger charge is 2.21. The first-order valence-corrected chi connectivity index (χ1v) is 8.13. The zero-order valence-corrected chi connectivity index (χ0v) is 14.7. The number of urea groups is 1. The minimum Gasteiger partial charge on any atom is -0.463 e. The Morgan fingerprint density at radius 2 is 1.84 bits per heavy atom. The second kappa shape index (κ2) is 10.1. The number of rotatable bonds is 8.